The minimum absolute atomic E-state index is 0.0644. The summed E-state index contributed by atoms with van der Waals surface area (Å²) in [7, 11) is 0. The number of carbonyl (C=O) groups excluding carboxylic acids is 3. The van der Waals surface area contributed by atoms with E-state index < -0.39 is 5.82 Å². The van der Waals surface area contributed by atoms with Crippen LogP contribution in [0.3, 0.4) is 0 Å². The number of aliphatic hydroxyl groups is 1. The van der Waals surface area contributed by atoms with Crippen LogP contribution in [0.1, 0.15) is 75.6 Å². The fourth-order valence-corrected chi connectivity index (χ4v) is 9.83. The number of amides is 4. The molecule has 4 amide bonds. The average molecular weight is 584 g/mol. The van der Waals surface area contributed by atoms with E-state index in [1.165, 1.54) is 31.4 Å². The Morgan fingerprint density at radius 1 is 0.929 bits per heavy atom. The normalized spacial score (nSPS) is 33.1. The largest absolute Gasteiger partial charge is 0.395 e. The first-order chi connectivity index (χ1) is 20.0. The molecule has 3 N–H and O–H groups in total. The highest BCUT2D eigenvalue weighted by molar-refractivity contribution is 5.96. The van der Waals surface area contributed by atoms with E-state index in [-0.39, 0.29) is 58.0 Å². The second-order valence-corrected chi connectivity index (χ2v) is 14.6. The van der Waals surface area contributed by atoms with Gasteiger partial charge in [0.15, 0.2) is 0 Å². The minimum atomic E-state index is -0.633. The van der Waals surface area contributed by atoms with Crippen LogP contribution >= 0.6 is 0 Å². The summed E-state index contributed by atoms with van der Waals surface area (Å²) in [5.41, 5.74) is 0.583. The Labute approximate surface area is 248 Å². The molecule has 9 nitrogen and oxygen atoms in total. The topological polar surface area (TPSA) is 105 Å². The number of piperidine rings is 1. The van der Waals surface area contributed by atoms with Crippen LogP contribution in [-0.2, 0) is 4.79 Å². The molecule has 6 aliphatic rings. The first-order valence-electron chi connectivity index (χ1n) is 15.8. The van der Waals surface area contributed by atoms with E-state index in [9.17, 15) is 14.4 Å². The second-order valence-electron chi connectivity index (χ2n) is 14.6. The first kappa shape index (κ1) is 29.4. The third-order valence-electron chi connectivity index (χ3n) is 10.7. The predicted molar refractivity (Wildman–Crippen MR) is 157 cm³/mol. The van der Waals surface area contributed by atoms with Crippen LogP contribution in [0.4, 0.5) is 14.9 Å². The van der Waals surface area contributed by atoms with Gasteiger partial charge in [-0.3, -0.25) is 14.5 Å². The molecular weight excluding hydrogens is 537 g/mol. The Hall–Kier alpha value is -2.72. The molecule has 0 aromatic heterocycles. The van der Waals surface area contributed by atoms with Crippen molar-refractivity contribution in [3.8, 4) is 0 Å². The number of urea groups is 1. The zero-order valence-electron chi connectivity index (χ0n) is 25.1. The van der Waals surface area contributed by atoms with Gasteiger partial charge in [0.25, 0.3) is 5.91 Å². The van der Waals surface area contributed by atoms with Gasteiger partial charge in [0, 0.05) is 62.8 Å². The van der Waals surface area contributed by atoms with Gasteiger partial charge in [0.1, 0.15) is 5.82 Å². The van der Waals surface area contributed by atoms with Gasteiger partial charge in [-0.05, 0) is 86.3 Å². The van der Waals surface area contributed by atoms with Gasteiger partial charge >= 0.3 is 6.03 Å². The number of carbonyl (C=O) groups is 3. The summed E-state index contributed by atoms with van der Waals surface area (Å²) in [4.78, 5) is 45.0. The molecule has 10 heteroatoms. The average Bonchev–Trinajstić information content (AvgIpc) is 2.92. The molecule has 4 aliphatic carbocycles. The number of likely N-dealkylation sites (tertiary alicyclic amines) is 1. The number of rotatable bonds is 6. The van der Waals surface area contributed by atoms with Crippen LogP contribution in [0.5, 0.6) is 0 Å². The lowest BCUT2D eigenvalue weighted by Gasteiger charge is -2.65. The van der Waals surface area contributed by atoms with E-state index in [2.05, 4.69) is 29.4 Å². The van der Waals surface area contributed by atoms with Gasteiger partial charge in [-0.25, -0.2) is 9.18 Å². The highest BCUT2D eigenvalue weighted by Gasteiger charge is 2.60. The molecule has 2 unspecified atom stereocenters. The molecule has 2 heterocycles. The molecular formula is C32H46FN5O4. The lowest BCUT2D eigenvalue weighted by Crippen LogP contribution is -2.65. The number of hydrogen-bond acceptors (Lipinski definition) is 5. The van der Waals surface area contributed by atoms with Crippen molar-refractivity contribution in [2.75, 3.05) is 57.7 Å². The predicted octanol–water partition coefficient (Wildman–Crippen LogP) is 3.68. The number of anilines is 1. The van der Waals surface area contributed by atoms with Gasteiger partial charge in [0.2, 0.25) is 5.91 Å². The lowest BCUT2D eigenvalue weighted by atomic mass is 9.43. The first-order valence-corrected chi connectivity index (χ1v) is 15.8. The molecule has 1 aromatic rings. The summed E-state index contributed by atoms with van der Waals surface area (Å²) < 4.78 is 15.1. The van der Waals surface area contributed by atoms with E-state index in [4.69, 9.17) is 5.11 Å². The Bertz CT molecular complexity index is 1210. The van der Waals surface area contributed by atoms with Crippen molar-refractivity contribution in [1.82, 2.24) is 20.0 Å². The molecule has 0 spiro atoms. The third-order valence-corrected chi connectivity index (χ3v) is 10.7. The van der Waals surface area contributed by atoms with Gasteiger partial charge in [-0.2, -0.15) is 0 Å². The lowest BCUT2D eigenvalue weighted by molar-refractivity contribution is -0.138. The molecule has 42 heavy (non-hydrogen) atoms. The van der Waals surface area contributed by atoms with Crippen molar-refractivity contribution in [3.05, 3.63) is 29.6 Å². The third kappa shape index (κ3) is 5.89. The number of benzene rings is 1. The number of nitrogens with one attached hydrogen (secondary N) is 2. The van der Waals surface area contributed by atoms with E-state index in [1.54, 1.807) is 11.0 Å². The second kappa shape index (κ2) is 11.1. The van der Waals surface area contributed by atoms with Crippen LogP contribution in [-0.4, -0.2) is 95.6 Å². The van der Waals surface area contributed by atoms with Gasteiger partial charge < -0.3 is 25.5 Å². The van der Waals surface area contributed by atoms with Crippen molar-refractivity contribution >= 4 is 23.5 Å². The number of halogens is 1. The van der Waals surface area contributed by atoms with Gasteiger partial charge in [0.05, 0.1) is 12.3 Å². The quantitative estimate of drug-likeness (QED) is 0.474. The molecule has 0 radical (unpaired) electrons. The molecule has 4 bridgehead atoms. The Morgan fingerprint density at radius 3 is 2.19 bits per heavy atom. The van der Waals surface area contributed by atoms with Crippen LogP contribution in [0.25, 0.3) is 0 Å². The van der Waals surface area contributed by atoms with E-state index in [1.807, 2.05) is 4.90 Å². The molecule has 1 aromatic carbocycles. The summed E-state index contributed by atoms with van der Waals surface area (Å²) >= 11 is 0. The Kier molecular flexibility index (Phi) is 7.75. The van der Waals surface area contributed by atoms with Crippen LogP contribution in [0, 0.1) is 28.5 Å². The smallest absolute Gasteiger partial charge is 0.319 e. The summed E-state index contributed by atoms with van der Waals surface area (Å²) in [6, 6.07) is 3.85. The number of aliphatic hydroxyl groups excluding tert-OH is 1. The van der Waals surface area contributed by atoms with Gasteiger partial charge in [-0.1, -0.05) is 13.8 Å². The number of piperazine rings is 1. The SMILES string of the molecule is C[C@]12CC3CC(NC(=O)Nc4ccc(C(=O)N5CCC(C(=O)N6CCN(CCO)CC6)CC5)cc4F)(C1)C[C@@](C)(C3)C2. The molecule has 230 valence electrons. The molecule has 4 atom stereocenters. The Balaban J connectivity index is 1.01. The highest BCUT2D eigenvalue weighted by Crippen LogP contribution is 2.66. The van der Waals surface area contributed by atoms with Gasteiger partial charge in [-0.15, -0.1) is 0 Å². The zero-order chi connectivity index (χ0) is 29.7. The Morgan fingerprint density at radius 2 is 1.60 bits per heavy atom. The standard InChI is InChI=1S/C32H46FN5O4/c1-30-16-22-17-31(2,19-30)21-32(18-22,20-30)35-29(42)34-26-4-3-24(15-25(26)33)28(41)37-7-5-23(6-8-37)27(40)38-11-9-36(10-12-38)13-14-39/h3-4,15,22-23,39H,5-14,16-21H2,1-2H3,(H2,34,35,42)/t22?,30-,31+,32?. The van der Waals surface area contributed by atoms with Crippen molar-refractivity contribution in [2.24, 2.45) is 22.7 Å². The van der Waals surface area contributed by atoms with Crippen LogP contribution < -0.4 is 10.6 Å². The molecule has 7 rings (SSSR count). The van der Waals surface area contributed by atoms with E-state index >= 15 is 4.39 Å². The molecule has 4 saturated carbocycles. The monoisotopic (exact) mass is 583 g/mol. The molecule has 2 saturated heterocycles. The maximum atomic E-state index is 15.1. The van der Waals surface area contributed by atoms with Crippen LogP contribution in [0.15, 0.2) is 18.2 Å². The highest BCUT2D eigenvalue weighted by atomic mass is 19.1. The van der Waals surface area contributed by atoms with Crippen molar-refractivity contribution < 1.29 is 23.9 Å². The van der Waals surface area contributed by atoms with Crippen molar-refractivity contribution in [1.29, 1.82) is 0 Å². The minimum Gasteiger partial charge on any atom is -0.395 e. The van der Waals surface area contributed by atoms with Crippen LogP contribution in [0.2, 0.25) is 0 Å². The van der Waals surface area contributed by atoms with E-state index in [0.717, 1.165) is 32.4 Å². The number of hydrogen-bond donors (Lipinski definition) is 3. The summed E-state index contributed by atoms with van der Waals surface area (Å²) in [5.74, 6) is -0.231. The molecule has 2 aliphatic heterocycles. The summed E-state index contributed by atoms with van der Waals surface area (Å²) in [5, 5.41) is 15.1. The number of β-amino-alcohol motifs (C(OH)–C–C–N with tert-alkyl or cyclic N) is 1. The maximum Gasteiger partial charge on any atom is 0.319 e. The number of nitrogens with zero attached hydrogens (tertiary/aromatic N) is 3. The van der Waals surface area contributed by atoms with Crippen molar-refractivity contribution in [3.63, 3.8) is 0 Å². The van der Waals surface area contributed by atoms with Crippen molar-refractivity contribution in [2.45, 2.75) is 70.8 Å². The fraction of sp³-hybridized carbons (Fsp3) is 0.719. The molecule has 6 fully saturated rings. The van der Waals surface area contributed by atoms with E-state index in [0.29, 0.717) is 51.5 Å². The zero-order valence-corrected chi connectivity index (χ0v) is 25.1. The summed E-state index contributed by atoms with van der Waals surface area (Å²) in [6.07, 6.45) is 7.78. The fourth-order valence-electron chi connectivity index (χ4n) is 9.83. The maximum absolute atomic E-state index is 15.1. The summed E-state index contributed by atoms with van der Waals surface area (Å²) in [6.45, 7) is 9.21.